The van der Waals surface area contributed by atoms with Crippen LogP contribution < -0.4 is 37.6 Å². The summed E-state index contributed by atoms with van der Waals surface area (Å²) in [5, 5.41) is 16.2. The number of ether oxygens (including phenoxy) is 3. The SMILES string of the molecule is CC[C@H](C)C([C@@H](CC(=O)N1CCC[C@H]1[C@H](OC)[C@@H](C)C(=O)N[C@@H](Cc1ccccc1)C(=O)OC)OC)N(C)C(=O)CNC(=O)C(C(C)C)N(C)CCc1ccc(NC(=O)[C@H](CCCNC(N)=O)NC(=O)CNC(=O)CCCCCN2C(=O)C=CC2=O)cc1. The van der Waals surface area contributed by atoms with Gasteiger partial charge in [0.05, 0.1) is 62.9 Å². The highest BCUT2D eigenvalue weighted by atomic mass is 16.5. The van der Waals surface area contributed by atoms with Gasteiger partial charge in [-0.05, 0) is 87.1 Å². The van der Waals surface area contributed by atoms with Crippen LogP contribution in [0.25, 0.3) is 0 Å². The minimum Gasteiger partial charge on any atom is -0.467 e. The van der Waals surface area contributed by atoms with Crippen molar-refractivity contribution in [3.8, 4) is 0 Å². The highest BCUT2D eigenvalue weighted by Crippen LogP contribution is 2.30. The van der Waals surface area contributed by atoms with Gasteiger partial charge in [-0.1, -0.05) is 89.9 Å². The Balaban J connectivity index is 1.30. The van der Waals surface area contributed by atoms with Crippen LogP contribution in [0.15, 0.2) is 66.7 Å². The fourth-order valence-electron chi connectivity index (χ4n) is 11.3. The van der Waals surface area contributed by atoms with E-state index < -0.39 is 78.1 Å². The third-order valence-corrected chi connectivity index (χ3v) is 16.4. The average Bonchev–Trinajstić information content (AvgIpc) is 4.24. The minimum atomic E-state index is -1.03. The number of unbranched alkanes of at least 4 members (excludes halogenated alkanes) is 2. The lowest BCUT2D eigenvalue weighted by atomic mass is 9.90. The summed E-state index contributed by atoms with van der Waals surface area (Å²) < 4.78 is 17.0. The van der Waals surface area contributed by atoms with Crippen molar-refractivity contribution < 1.29 is 67.0 Å². The summed E-state index contributed by atoms with van der Waals surface area (Å²) in [7, 11) is 7.76. The van der Waals surface area contributed by atoms with E-state index in [4.69, 9.17) is 19.9 Å². The third-order valence-electron chi connectivity index (χ3n) is 16.4. The van der Waals surface area contributed by atoms with E-state index in [2.05, 4.69) is 31.9 Å². The highest BCUT2D eigenvalue weighted by molar-refractivity contribution is 6.12. The quantitative estimate of drug-likeness (QED) is 0.0289. The fraction of sp³-hybridized carbons (Fsp3) is 0.603. The molecule has 2 aromatic carbocycles. The molecule has 0 saturated carbocycles. The summed E-state index contributed by atoms with van der Waals surface area (Å²) in [6, 6.07) is 12.1. The first-order valence-electron chi connectivity index (χ1n) is 30.5. The molecule has 0 aromatic heterocycles. The lowest BCUT2D eigenvalue weighted by Gasteiger charge is -2.39. The van der Waals surface area contributed by atoms with Gasteiger partial charge in [0, 0.05) is 78.1 Å². The predicted octanol–water partition coefficient (Wildman–Crippen LogP) is 2.60. The number of anilines is 1. The van der Waals surface area contributed by atoms with Gasteiger partial charge in [-0.2, -0.15) is 0 Å². The zero-order valence-corrected chi connectivity index (χ0v) is 52.9. The molecule has 0 radical (unpaired) electrons. The number of rotatable bonds is 38. The Bertz CT molecular complexity index is 2680. The first-order chi connectivity index (χ1) is 41.9. The number of carbonyl (C=O) groups is 11. The van der Waals surface area contributed by atoms with Crippen molar-refractivity contribution in [1.29, 1.82) is 0 Å². The van der Waals surface area contributed by atoms with Crippen LogP contribution in [-0.4, -0.2) is 202 Å². The highest BCUT2D eigenvalue weighted by Gasteiger charge is 2.43. The molecule has 0 bridgehead atoms. The van der Waals surface area contributed by atoms with E-state index in [0.29, 0.717) is 70.1 Å². The molecular formula is C63H95N11O14. The van der Waals surface area contributed by atoms with E-state index in [1.165, 1.54) is 33.5 Å². The van der Waals surface area contributed by atoms with Crippen molar-refractivity contribution in [3.63, 3.8) is 0 Å². The third kappa shape index (κ3) is 22.7. The number of likely N-dealkylation sites (N-methyl/N-ethyl adjacent to an activating group) is 2. The van der Waals surface area contributed by atoms with Gasteiger partial charge in [0.25, 0.3) is 11.8 Å². The summed E-state index contributed by atoms with van der Waals surface area (Å²) in [6.07, 6.45) is 5.75. The number of nitrogens with two attached hydrogens (primary N) is 1. The molecule has 11 amide bonds. The van der Waals surface area contributed by atoms with Crippen molar-refractivity contribution in [3.05, 3.63) is 77.9 Å². The normalized spacial score (nSPS) is 16.6. The van der Waals surface area contributed by atoms with E-state index in [1.54, 1.807) is 35.9 Å². The van der Waals surface area contributed by atoms with E-state index in [0.717, 1.165) is 16.0 Å². The molecule has 8 N–H and O–H groups in total. The minimum absolute atomic E-state index is 0.0642. The number of carbonyl (C=O) groups excluding carboxylic acids is 11. The maximum absolute atomic E-state index is 14.4. The molecule has 2 unspecified atom stereocenters. The Morgan fingerprint density at radius 1 is 0.739 bits per heavy atom. The van der Waals surface area contributed by atoms with Gasteiger partial charge in [0.2, 0.25) is 41.4 Å². The zero-order chi connectivity index (χ0) is 65.0. The maximum atomic E-state index is 14.4. The molecule has 2 aliphatic heterocycles. The van der Waals surface area contributed by atoms with Crippen LogP contribution in [0.1, 0.15) is 110 Å². The van der Waals surface area contributed by atoms with Crippen molar-refractivity contribution in [2.75, 3.05) is 80.0 Å². The molecule has 486 valence electrons. The topological polar surface area (TPSA) is 327 Å². The number of amides is 11. The summed E-state index contributed by atoms with van der Waals surface area (Å²) in [6.45, 7) is 10.1. The molecule has 1 fully saturated rings. The summed E-state index contributed by atoms with van der Waals surface area (Å²) >= 11 is 0. The average molecular weight is 1230 g/mol. The Labute approximate surface area is 517 Å². The Morgan fingerprint density at radius 3 is 2.03 bits per heavy atom. The summed E-state index contributed by atoms with van der Waals surface area (Å²) in [5.41, 5.74) is 7.40. The second-order valence-corrected chi connectivity index (χ2v) is 23.0. The maximum Gasteiger partial charge on any atom is 0.328 e. The van der Waals surface area contributed by atoms with E-state index in [-0.39, 0.29) is 99.1 Å². The first-order valence-corrected chi connectivity index (χ1v) is 30.5. The van der Waals surface area contributed by atoms with Crippen LogP contribution in [0.3, 0.4) is 0 Å². The van der Waals surface area contributed by atoms with Gasteiger partial charge in [0.15, 0.2) is 0 Å². The number of benzene rings is 2. The summed E-state index contributed by atoms with van der Waals surface area (Å²) in [5.74, 6) is -5.18. The number of imide groups is 1. The number of hydrogen-bond donors (Lipinski definition) is 7. The summed E-state index contributed by atoms with van der Waals surface area (Å²) in [4.78, 5) is 149. The molecule has 1 saturated heterocycles. The van der Waals surface area contributed by atoms with Gasteiger partial charge in [0.1, 0.15) is 12.1 Å². The van der Waals surface area contributed by atoms with Gasteiger partial charge >= 0.3 is 12.0 Å². The lowest BCUT2D eigenvalue weighted by molar-refractivity contribution is -0.148. The van der Waals surface area contributed by atoms with Crippen LogP contribution in [0, 0.1) is 17.8 Å². The molecule has 2 heterocycles. The standard InChI is InChI=1S/C63H95N11O14/c1-11-41(4)57(49(86-8)37-54(79)73-34-19-23-48(73)58(87-9)42(5)59(81)70-47(62(84)88-10)36-44-20-14-12-15-21-44)72(7)55(80)39-67-61(83)56(40(2)3)71(6)35-31-43-25-27-45(28-26-43)68-60(82)46(22-18-32-65-63(64)85)69-51(76)38-66-50(75)24-16-13-17-33-74-52(77)29-30-53(74)78/h12,14-15,20-21,25-30,40-42,46-49,56-58H,11,13,16-19,22-24,31-39H2,1-10H3,(H,66,75)(H,67,83)(H,68,82)(H,69,76)(H,70,81)(H3,64,65,85)/t41-,42+,46-,47-,48-,49+,56?,57?,58+/m0/s1. The molecule has 0 aliphatic carbocycles. The second kappa shape index (κ2) is 37.2. The molecule has 2 aromatic rings. The van der Waals surface area contributed by atoms with E-state index in [9.17, 15) is 52.7 Å². The van der Waals surface area contributed by atoms with Gasteiger partial charge < -0.3 is 61.6 Å². The lowest BCUT2D eigenvalue weighted by Crippen LogP contribution is -2.55. The number of methoxy groups -OCH3 is 3. The number of esters is 1. The molecule has 25 nitrogen and oxygen atoms in total. The number of primary amides is 1. The Morgan fingerprint density at radius 2 is 1.42 bits per heavy atom. The molecule has 2 aliphatic rings. The molecule has 9 atom stereocenters. The first kappa shape index (κ1) is 72.7. The Hall–Kier alpha value is -7.77. The number of nitrogens with zero attached hydrogens (tertiary/aromatic N) is 4. The van der Waals surface area contributed by atoms with Crippen LogP contribution in [0.2, 0.25) is 0 Å². The number of hydrogen-bond acceptors (Lipinski definition) is 15. The van der Waals surface area contributed by atoms with Gasteiger partial charge in [-0.25, -0.2) is 9.59 Å². The van der Waals surface area contributed by atoms with Crippen molar-refractivity contribution in [2.45, 2.75) is 154 Å². The van der Waals surface area contributed by atoms with Crippen molar-refractivity contribution in [2.24, 2.45) is 23.5 Å². The number of urea groups is 1. The van der Waals surface area contributed by atoms with Crippen LogP contribution in [-0.2, 0) is 75.0 Å². The van der Waals surface area contributed by atoms with Crippen molar-refractivity contribution in [1.82, 2.24) is 46.2 Å². The van der Waals surface area contributed by atoms with Crippen molar-refractivity contribution >= 4 is 70.9 Å². The predicted molar refractivity (Wildman–Crippen MR) is 329 cm³/mol. The fourth-order valence-corrected chi connectivity index (χ4v) is 11.3. The van der Waals surface area contributed by atoms with Crippen LogP contribution >= 0.6 is 0 Å². The molecule has 0 spiro atoms. The molecule has 25 heteroatoms. The van der Waals surface area contributed by atoms with E-state index >= 15 is 0 Å². The van der Waals surface area contributed by atoms with Crippen LogP contribution in [0.5, 0.6) is 0 Å². The number of likely N-dealkylation sites (tertiary alicyclic amines) is 1. The zero-order valence-electron chi connectivity index (χ0n) is 52.9. The number of nitrogens with one attached hydrogen (secondary N) is 6. The smallest absolute Gasteiger partial charge is 0.328 e. The molecule has 4 rings (SSSR count). The monoisotopic (exact) mass is 1230 g/mol. The van der Waals surface area contributed by atoms with Gasteiger partial charge in [-0.3, -0.25) is 53.0 Å². The Kier molecular flexibility index (Phi) is 30.7. The van der Waals surface area contributed by atoms with E-state index in [1.807, 2.05) is 82.1 Å². The van der Waals surface area contributed by atoms with Gasteiger partial charge in [-0.15, -0.1) is 0 Å². The second-order valence-electron chi connectivity index (χ2n) is 23.0. The molecule has 88 heavy (non-hydrogen) atoms. The molecular weight excluding hydrogens is 1130 g/mol. The van der Waals surface area contributed by atoms with Crippen LogP contribution in [0.4, 0.5) is 10.5 Å². The largest absolute Gasteiger partial charge is 0.467 e.